The van der Waals surface area contributed by atoms with Crippen molar-refractivity contribution in [2.75, 3.05) is 13.7 Å². The van der Waals surface area contributed by atoms with Gasteiger partial charge in [0.25, 0.3) is 0 Å². The number of methoxy groups -OCH3 is 1. The number of benzene rings is 1. The van der Waals surface area contributed by atoms with Crippen molar-refractivity contribution in [3.05, 3.63) is 35.9 Å². The molecule has 112 valence electrons. The Morgan fingerprint density at radius 3 is 2.67 bits per heavy atom. The van der Waals surface area contributed by atoms with Crippen LogP contribution in [0.15, 0.2) is 30.3 Å². The van der Waals surface area contributed by atoms with Crippen molar-refractivity contribution in [1.82, 2.24) is 4.90 Å². The lowest BCUT2D eigenvalue weighted by molar-refractivity contribution is -0.147. The first-order valence-corrected chi connectivity index (χ1v) is 7.24. The maximum absolute atomic E-state index is 12.2. The summed E-state index contributed by atoms with van der Waals surface area (Å²) in [7, 11) is 1.40. The van der Waals surface area contributed by atoms with Crippen LogP contribution in [0.1, 0.15) is 18.4 Å². The van der Waals surface area contributed by atoms with Gasteiger partial charge in [-0.3, -0.25) is 4.79 Å². The van der Waals surface area contributed by atoms with Gasteiger partial charge in [-0.1, -0.05) is 30.3 Å². The highest BCUT2D eigenvalue weighted by molar-refractivity contribution is 5.76. The molecule has 1 heterocycles. The summed E-state index contributed by atoms with van der Waals surface area (Å²) in [6, 6.07) is 9.51. The van der Waals surface area contributed by atoms with E-state index in [2.05, 4.69) is 0 Å². The van der Waals surface area contributed by atoms with E-state index in [1.807, 2.05) is 30.3 Å². The Balaban J connectivity index is 1.59. The summed E-state index contributed by atoms with van der Waals surface area (Å²) < 4.78 is 10.2. The Morgan fingerprint density at radius 2 is 2.00 bits per heavy atom. The van der Waals surface area contributed by atoms with Gasteiger partial charge in [0, 0.05) is 12.6 Å². The minimum absolute atomic E-state index is 0.0641. The summed E-state index contributed by atoms with van der Waals surface area (Å²) in [4.78, 5) is 25.7. The van der Waals surface area contributed by atoms with Crippen LogP contribution in [0.25, 0.3) is 0 Å². The third-order valence-corrected chi connectivity index (χ3v) is 4.43. The molecule has 1 aromatic rings. The van der Waals surface area contributed by atoms with Gasteiger partial charge < -0.3 is 14.4 Å². The number of nitrogens with zero attached hydrogens (tertiary/aromatic N) is 1. The third-order valence-electron chi connectivity index (χ3n) is 4.43. The molecule has 2 bridgehead atoms. The number of esters is 1. The van der Waals surface area contributed by atoms with Gasteiger partial charge in [-0.15, -0.1) is 0 Å². The molecular weight excluding hydrogens is 270 g/mol. The summed E-state index contributed by atoms with van der Waals surface area (Å²) in [5.41, 5.74) is 0.958. The Morgan fingerprint density at radius 1 is 1.24 bits per heavy atom. The van der Waals surface area contributed by atoms with E-state index >= 15 is 0 Å². The van der Waals surface area contributed by atoms with Crippen LogP contribution in [0.5, 0.6) is 0 Å². The second-order valence-corrected chi connectivity index (χ2v) is 5.73. The smallest absolute Gasteiger partial charge is 0.410 e. The van der Waals surface area contributed by atoms with E-state index in [1.165, 1.54) is 7.11 Å². The normalized spacial score (nSPS) is 26.7. The summed E-state index contributed by atoms with van der Waals surface area (Å²) in [6.45, 7) is 0.947. The van der Waals surface area contributed by atoms with Crippen LogP contribution in [0.4, 0.5) is 4.79 Å². The van der Waals surface area contributed by atoms with E-state index in [0.29, 0.717) is 12.5 Å². The first-order valence-electron chi connectivity index (χ1n) is 7.24. The molecule has 1 aromatic carbocycles. The quantitative estimate of drug-likeness (QED) is 0.801. The number of amides is 1. The number of hydrogen-bond donors (Lipinski definition) is 0. The Kier molecular flexibility index (Phi) is 3.82. The summed E-state index contributed by atoms with van der Waals surface area (Å²) >= 11 is 0. The molecule has 1 aliphatic carbocycles. The fraction of sp³-hybridized carbons (Fsp3) is 0.500. The van der Waals surface area contributed by atoms with E-state index in [1.54, 1.807) is 4.90 Å². The molecular formula is C16H19NO4. The molecule has 1 saturated carbocycles. The first-order chi connectivity index (χ1) is 10.2. The van der Waals surface area contributed by atoms with Crippen LogP contribution in [-0.4, -0.2) is 36.7 Å². The summed E-state index contributed by atoms with van der Waals surface area (Å²) in [5, 5.41) is 0. The van der Waals surface area contributed by atoms with Gasteiger partial charge >= 0.3 is 12.1 Å². The summed E-state index contributed by atoms with van der Waals surface area (Å²) in [6.07, 6.45) is 1.36. The zero-order valence-electron chi connectivity index (χ0n) is 12.0. The Bertz CT molecular complexity index is 530. The molecule has 3 rings (SSSR count). The lowest BCUT2D eigenvalue weighted by Crippen LogP contribution is -2.45. The van der Waals surface area contributed by atoms with E-state index in [0.717, 1.165) is 18.4 Å². The number of rotatable bonds is 3. The molecule has 0 N–H and O–H groups in total. The van der Waals surface area contributed by atoms with Gasteiger partial charge in [-0.2, -0.15) is 0 Å². The van der Waals surface area contributed by atoms with Crippen LogP contribution in [-0.2, 0) is 20.9 Å². The van der Waals surface area contributed by atoms with Crippen molar-refractivity contribution in [2.24, 2.45) is 11.8 Å². The van der Waals surface area contributed by atoms with Crippen LogP contribution in [0.2, 0.25) is 0 Å². The SMILES string of the molecule is COC(=O)[C@H]1C[C@@H]2C[C@@H]1N(C(=O)OCc1ccccc1)C2. The number of carbonyl (C=O) groups excluding carboxylic acids is 2. The monoisotopic (exact) mass is 289 g/mol. The minimum Gasteiger partial charge on any atom is -0.469 e. The molecule has 5 nitrogen and oxygen atoms in total. The average Bonchev–Trinajstić information content (AvgIpc) is 3.13. The van der Waals surface area contributed by atoms with Crippen LogP contribution < -0.4 is 0 Å². The zero-order chi connectivity index (χ0) is 14.8. The third kappa shape index (κ3) is 2.73. The number of carbonyl (C=O) groups is 2. The fourth-order valence-electron chi connectivity index (χ4n) is 3.44. The topological polar surface area (TPSA) is 55.8 Å². The number of fused-ring (bicyclic) bond motifs is 2. The Hall–Kier alpha value is -2.04. The van der Waals surface area contributed by atoms with Crippen molar-refractivity contribution in [3.63, 3.8) is 0 Å². The van der Waals surface area contributed by atoms with Crippen molar-refractivity contribution in [1.29, 1.82) is 0 Å². The molecule has 0 unspecified atom stereocenters. The van der Waals surface area contributed by atoms with Gasteiger partial charge in [0.2, 0.25) is 0 Å². The van der Waals surface area contributed by atoms with E-state index in [9.17, 15) is 9.59 Å². The van der Waals surface area contributed by atoms with Crippen LogP contribution in [0, 0.1) is 11.8 Å². The predicted octanol–water partition coefficient (Wildman–Crippen LogP) is 2.21. The van der Waals surface area contributed by atoms with Crippen molar-refractivity contribution < 1.29 is 19.1 Å². The molecule has 3 atom stereocenters. The number of piperidine rings is 1. The number of likely N-dealkylation sites (tertiary alicyclic amines) is 1. The van der Waals surface area contributed by atoms with Gasteiger partial charge in [0.1, 0.15) is 6.61 Å². The molecule has 1 aliphatic heterocycles. The van der Waals surface area contributed by atoms with Crippen molar-refractivity contribution in [2.45, 2.75) is 25.5 Å². The lowest BCUT2D eigenvalue weighted by atomic mass is 9.99. The standard InChI is InChI=1S/C16H19NO4/c1-20-15(18)13-7-12-8-14(13)17(9-12)16(19)21-10-11-5-3-2-4-6-11/h2-6,12-14H,7-10H2,1H3/t12-,13+,14+/m1/s1. The van der Waals surface area contributed by atoms with Crippen LogP contribution in [0.3, 0.4) is 0 Å². The minimum atomic E-state index is -0.333. The molecule has 0 radical (unpaired) electrons. The fourth-order valence-corrected chi connectivity index (χ4v) is 3.44. The highest BCUT2D eigenvalue weighted by Crippen LogP contribution is 2.42. The van der Waals surface area contributed by atoms with Crippen molar-refractivity contribution in [3.8, 4) is 0 Å². The molecule has 21 heavy (non-hydrogen) atoms. The number of hydrogen-bond acceptors (Lipinski definition) is 4. The molecule has 5 heteroatoms. The first kappa shape index (κ1) is 13.9. The molecule has 1 amide bonds. The van der Waals surface area contributed by atoms with Gasteiger partial charge in [-0.25, -0.2) is 4.79 Å². The Labute approximate surface area is 123 Å². The molecule has 2 aliphatic rings. The number of ether oxygens (including phenoxy) is 2. The summed E-state index contributed by atoms with van der Waals surface area (Å²) in [5.74, 6) is -0.0236. The van der Waals surface area contributed by atoms with Gasteiger partial charge in [-0.05, 0) is 24.3 Å². The maximum atomic E-state index is 12.2. The lowest BCUT2D eigenvalue weighted by Gasteiger charge is -2.30. The highest BCUT2D eigenvalue weighted by atomic mass is 16.6. The second-order valence-electron chi connectivity index (χ2n) is 5.73. The molecule has 1 saturated heterocycles. The predicted molar refractivity (Wildman–Crippen MR) is 75.4 cm³/mol. The highest BCUT2D eigenvalue weighted by Gasteiger charge is 2.50. The van der Waals surface area contributed by atoms with Gasteiger partial charge in [0.15, 0.2) is 0 Å². The maximum Gasteiger partial charge on any atom is 0.410 e. The molecule has 0 spiro atoms. The van der Waals surface area contributed by atoms with E-state index in [-0.39, 0.29) is 30.6 Å². The van der Waals surface area contributed by atoms with E-state index < -0.39 is 0 Å². The molecule has 2 fully saturated rings. The van der Waals surface area contributed by atoms with Gasteiger partial charge in [0.05, 0.1) is 13.0 Å². The average molecular weight is 289 g/mol. The largest absolute Gasteiger partial charge is 0.469 e. The van der Waals surface area contributed by atoms with Crippen molar-refractivity contribution >= 4 is 12.1 Å². The van der Waals surface area contributed by atoms with E-state index in [4.69, 9.17) is 9.47 Å². The zero-order valence-corrected chi connectivity index (χ0v) is 12.0. The van der Waals surface area contributed by atoms with Crippen LogP contribution >= 0.6 is 0 Å². The second kappa shape index (κ2) is 5.76. The molecule has 0 aromatic heterocycles.